The van der Waals surface area contributed by atoms with Crippen LogP contribution in [0.1, 0.15) is 35.1 Å². The topological polar surface area (TPSA) is 71.1 Å². The average Bonchev–Trinajstić information content (AvgIpc) is 2.63. The second kappa shape index (κ2) is 6.01. The number of benzene rings is 2. The number of carbonyl (C=O) groups excluding carboxylic acids is 2. The third-order valence-electron chi connectivity index (χ3n) is 5.51. The molecule has 6 nitrogen and oxygen atoms in total. The molecule has 0 saturated carbocycles. The quantitative estimate of drug-likeness (QED) is 0.599. The fourth-order valence-corrected chi connectivity index (χ4v) is 4.19. The van der Waals surface area contributed by atoms with Gasteiger partial charge in [0, 0.05) is 27.7 Å². The lowest BCUT2D eigenvalue weighted by Crippen LogP contribution is -2.43. The van der Waals surface area contributed by atoms with E-state index in [-0.39, 0.29) is 24.8 Å². The lowest BCUT2D eigenvalue weighted by atomic mass is 9.66. The van der Waals surface area contributed by atoms with Crippen LogP contribution < -0.4 is 18.9 Å². The van der Waals surface area contributed by atoms with Gasteiger partial charge in [-0.3, -0.25) is 9.59 Å². The van der Waals surface area contributed by atoms with Gasteiger partial charge in [-0.15, -0.1) is 0 Å². The molecule has 2 aromatic carbocycles. The predicted octanol–water partition coefficient (Wildman–Crippen LogP) is 3.22. The van der Waals surface area contributed by atoms with Gasteiger partial charge in [0.25, 0.3) is 0 Å². The van der Waals surface area contributed by atoms with E-state index in [1.165, 1.54) is 0 Å². The zero-order chi connectivity index (χ0) is 19.3. The predicted molar refractivity (Wildman–Crippen MR) is 96.7 cm³/mol. The monoisotopic (exact) mass is 368 g/mol. The van der Waals surface area contributed by atoms with Crippen LogP contribution in [-0.4, -0.2) is 26.2 Å². The molecule has 2 aromatic rings. The van der Waals surface area contributed by atoms with Gasteiger partial charge in [-0.25, -0.2) is 0 Å². The molecule has 0 saturated heterocycles. The van der Waals surface area contributed by atoms with Gasteiger partial charge in [0.15, 0.2) is 0 Å². The molecule has 0 N–H and O–H groups in total. The molecule has 6 heteroatoms. The number of methoxy groups -OCH3 is 2. The largest absolute Gasteiger partial charge is 0.496 e. The average molecular weight is 368 g/mol. The van der Waals surface area contributed by atoms with Gasteiger partial charge in [-0.05, 0) is 26.0 Å². The van der Waals surface area contributed by atoms with E-state index in [0.29, 0.717) is 23.0 Å². The van der Waals surface area contributed by atoms with Crippen molar-refractivity contribution < 1.29 is 28.5 Å². The van der Waals surface area contributed by atoms with Gasteiger partial charge < -0.3 is 18.9 Å². The summed E-state index contributed by atoms with van der Waals surface area (Å²) in [5.74, 6) is 1.41. The Morgan fingerprint density at radius 3 is 1.56 bits per heavy atom. The van der Waals surface area contributed by atoms with Crippen LogP contribution in [0.2, 0.25) is 0 Å². The lowest BCUT2D eigenvalue weighted by molar-refractivity contribution is -0.140. The first-order valence-electron chi connectivity index (χ1n) is 8.69. The Morgan fingerprint density at radius 2 is 1.19 bits per heavy atom. The van der Waals surface area contributed by atoms with E-state index in [2.05, 4.69) is 0 Å². The minimum absolute atomic E-state index is 0.0691. The van der Waals surface area contributed by atoms with Crippen LogP contribution in [0.25, 0.3) is 0 Å². The highest BCUT2D eigenvalue weighted by molar-refractivity contribution is 5.87. The number of esters is 2. The van der Waals surface area contributed by atoms with Crippen molar-refractivity contribution in [1.82, 2.24) is 0 Å². The maximum Gasteiger partial charge on any atom is 0.312 e. The highest BCUT2D eigenvalue weighted by atomic mass is 16.5. The van der Waals surface area contributed by atoms with E-state index < -0.39 is 5.41 Å². The van der Waals surface area contributed by atoms with E-state index in [1.807, 2.05) is 38.1 Å². The minimum atomic E-state index is -0.830. The first kappa shape index (κ1) is 17.4. The van der Waals surface area contributed by atoms with Gasteiger partial charge in [0.2, 0.25) is 0 Å². The normalized spacial score (nSPS) is 16.9. The number of hydrogen-bond acceptors (Lipinski definition) is 6. The van der Waals surface area contributed by atoms with Gasteiger partial charge in [-0.1, -0.05) is 12.1 Å². The summed E-state index contributed by atoms with van der Waals surface area (Å²) in [5.41, 5.74) is 2.22. The Morgan fingerprint density at radius 1 is 0.778 bits per heavy atom. The molecule has 0 bridgehead atoms. The van der Waals surface area contributed by atoms with Gasteiger partial charge in [-0.2, -0.15) is 0 Å². The van der Waals surface area contributed by atoms with Crippen molar-refractivity contribution in [2.45, 2.75) is 32.1 Å². The highest BCUT2D eigenvalue weighted by Gasteiger charge is 2.50. The molecule has 0 radical (unpaired) electrons. The van der Waals surface area contributed by atoms with Crippen LogP contribution in [0.5, 0.6) is 23.0 Å². The van der Waals surface area contributed by atoms with Crippen LogP contribution >= 0.6 is 0 Å². The number of carbonyl (C=O) groups is 2. The van der Waals surface area contributed by atoms with Crippen molar-refractivity contribution in [2.75, 3.05) is 14.2 Å². The van der Waals surface area contributed by atoms with Crippen LogP contribution in [0.4, 0.5) is 0 Å². The van der Waals surface area contributed by atoms with E-state index >= 15 is 0 Å². The third kappa shape index (κ3) is 2.40. The van der Waals surface area contributed by atoms with Crippen molar-refractivity contribution in [3.63, 3.8) is 0 Å². The third-order valence-corrected chi connectivity index (χ3v) is 5.51. The zero-order valence-corrected chi connectivity index (χ0v) is 15.7. The Kier molecular flexibility index (Phi) is 3.87. The molecule has 2 aliphatic rings. The van der Waals surface area contributed by atoms with Crippen molar-refractivity contribution in [2.24, 2.45) is 0 Å². The van der Waals surface area contributed by atoms with Crippen molar-refractivity contribution in [3.05, 3.63) is 46.5 Å². The van der Waals surface area contributed by atoms with Crippen LogP contribution in [0.3, 0.4) is 0 Å². The molecule has 0 aliphatic carbocycles. The second-order valence-electron chi connectivity index (χ2n) is 6.92. The Labute approximate surface area is 157 Å². The summed E-state index contributed by atoms with van der Waals surface area (Å²) < 4.78 is 21.8. The molecule has 0 atom stereocenters. The molecule has 0 aromatic heterocycles. The number of rotatable bonds is 2. The Balaban J connectivity index is 2.03. The standard InChI is InChI=1S/C21H20O6/c1-11-15(24-3)7-5-13-19(11)26-17(22)9-21(13)10-18(23)27-20-12(2)16(25-4)8-6-14(20)21/h5-8H,9-10H2,1-4H3. The summed E-state index contributed by atoms with van der Waals surface area (Å²) in [6, 6.07) is 7.42. The van der Waals surface area contributed by atoms with Gasteiger partial charge in [0.05, 0.1) is 27.1 Å². The maximum atomic E-state index is 12.5. The first-order chi connectivity index (χ1) is 12.9. The molecule has 2 heterocycles. The van der Waals surface area contributed by atoms with Crippen LogP contribution in [0.15, 0.2) is 24.3 Å². The van der Waals surface area contributed by atoms with E-state index in [0.717, 1.165) is 22.3 Å². The van der Waals surface area contributed by atoms with Crippen molar-refractivity contribution in [3.8, 4) is 23.0 Å². The Bertz CT molecular complexity index is 896. The summed E-state index contributed by atoms with van der Waals surface area (Å²) in [5, 5.41) is 0. The maximum absolute atomic E-state index is 12.5. The second-order valence-corrected chi connectivity index (χ2v) is 6.92. The summed E-state index contributed by atoms with van der Waals surface area (Å²) in [7, 11) is 3.14. The van der Waals surface area contributed by atoms with Crippen molar-refractivity contribution >= 4 is 11.9 Å². The summed E-state index contributed by atoms with van der Waals surface area (Å²) in [4.78, 5) is 25.1. The molecular weight excluding hydrogens is 348 g/mol. The first-order valence-corrected chi connectivity index (χ1v) is 8.69. The van der Waals surface area contributed by atoms with Gasteiger partial charge >= 0.3 is 11.9 Å². The molecule has 0 amide bonds. The summed E-state index contributed by atoms with van der Waals surface area (Å²) in [6.07, 6.45) is 0.138. The number of fused-ring (bicyclic) bond motifs is 4. The number of ether oxygens (including phenoxy) is 4. The molecule has 27 heavy (non-hydrogen) atoms. The van der Waals surface area contributed by atoms with Crippen LogP contribution in [0, 0.1) is 13.8 Å². The van der Waals surface area contributed by atoms with E-state index in [4.69, 9.17) is 18.9 Å². The fourth-order valence-electron chi connectivity index (χ4n) is 4.19. The summed E-state index contributed by atoms with van der Waals surface area (Å²) >= 11 is 0. The lowest BCUT2D eigenvalue weighted by Gasteiger charge is -2.41. The molecule has 2 aliphatic heterocycles. The van der Waals surface area contributed by atoms with E-state index in [9.17, 15) is 9.59 Å². The molecule has 0 unspecified atom stereocenters. The molecule has 4 rings (SSSR count). The molecular formula is C21H20O6. The summed E-state index contributed by atoms with van der Waals surface area (Å²) in [6.45, 7) is 3.68. The van der Waals surface area contributed by atoms with E-state index in [1.54, 1.807) is 14.2 Å². The smallest absolute Gasteiger partial charge is 0.312 e. The number of hydrogen-bond donors (Lipinski definition) is 0. The Hall–Kier alpha value is -3.02. The van der Waals surface area contributed by atoms with Gasteiger partial charge in [0.1, 0.15) is 23.0 Å². The molecule has 140 valence electrons. The SMILES string of the molecule is COc1ccc2c(c1C)OC(=O)CC21CC(=O)Oc2c1ccc(OC)c2C. The molecule has 0 fully saturated rings. The minimum Gasteiger partial charge on any atom is -0.496 e. The fraction of sp³-hybridized carbons (Fsp3) is 0.333. The van der Waals surface area contributed by atoms with Crippen LogP contribution in [-0.2, 0) is 15.0 Å². The van der Waals surface area contributed by atoms with Crippen molar-refractivity contribution in [1.29, 1.82) is 0 Å². The zero-order valence-electron chi connectivity index (χ0n) is 15.7. The molecule has 1 spiro atoms. The highest BCUT2D eigenvalue weighted by Crippen LogP contribution is 2.54.